The van der Waals surface area contributed by atoms with Crippen molar-refractivity contribution in [2.24, 2.45) is 0 Å². The first-order chi connectivity index (χ1) is 9.24. The van der Waals surface area contributed by atoms with Gasteiger partial charge in [0.2, 0.25) is 0 Å². The Morgan fingerprint density at radius 2 is 1.89 bits per heavy atom. The number of aromatic nitrogens is 2. The smallest absolute Gasteiger partial charge is 0.0986 e. The zero-order chi connectivity index (χ0) is 13.2. The number of aliphatic hydroxyl groups excluding tert-OH is 1. The quantitative estimate of drug-likeness (QED) is 0.778. The van der Waals surface area contributed by atoms with E-state index in [1.807, 2.05) is 48.0 Å². The Bertz CT molecular complexity index is 703. The predicted octanol–water partition coefficient (Wildman–Crippen LogP) is 3.08. The highest BCUT2D eigenvalue weighted by atomic mass is 16.3. The molecule has 1 unspecified atom stereocenters. The lowest BCUT2D eigenvalue weighted by atomic mass is 10.0. The molecule has 3 nitrogen and oxygen atoms in total. The fourth-order valence-electron chi connectivity index (χ4n) is 2.27. The van der Waals surface area contributed by atoms with E-state index in [0.29, 0.717) is 6.54 Å². The molecule has 1 atom stereocenters. The molecule has 0 aliphatic heterocycles. The van der Waals surface area contributed by atoms with Crippen molar-refractivity contribution < 1.29 is 5.11 Å². The summed E-state index contributed by atoms with van der Waals surface area (Å²) in [5.74, 6) is 0. The third kappa shape index (κ3) is 2.37. The number of fused-ring (bicyclic) bond motifs is 1. The monoisotopic (exact) mass is 252 g/mol. The van der Waals surface area contributed by atoms with Crippen LogP contribution in [0, 0.1) is 6.92 Å². The van der Waals surface area contributed by atoms with Crippen molar-refractivity contribution >= 4 is 10.8 Å². The molecule has 0 bridgehead atoms. The maximum atomic E-state index is 10.3. The first kappa shape index (κ1) is 11.9. The summed E-state index contributed by atoms with van der Waals surface area (Å²) in [7, 11) is 0. The third-order valence-corrected chi connectivity index (χ3v) is 3.43. The number of benzene rings is 2. The molecular formula is C16H16N2O. The van der Waals surface area contributed by atoms with Gasteiger partial charge in [-0.05, 0) is 35.4 Å². The van der Waals surface area contributed by atoms with Gasteiger partial charge in [0.05, 0.1) is 12.6 Å². The van der Waals surface area contributed by atoms with Crippen LogP contribution < -0.4 is 0 Å². The molecule has 0 amide bonds. The molecule has 3 aromatic rings. The van der Waals surface area contributed by atoms with Crippen LogP contribution in [0.4, 0.5) is 0 Å². The third-order valence-electron chi connectivity index (χ3n) is 3.43. The maximum absolute atomic E-state index is 10.3. The van der Waals surface area contributed by atoms with Gasteiger partial charge in [0.15, 0.2) is 0 Å². The zero-order valence-corrected chi connectivity index (χ0v) is 10.8. The van der Waals surface area contributed by atoms with Crippen molar-refractivity contribution in [1.82, 2.24) is 9.78 Å². The number of hydrogen-bond donors (Lipinski definition) is 1. The van der Waals surface area contributed by atoms with Crippen molar-refractivity contribution in [3.8, 4) is 0 Å². The molecule has 19 heavy (non-hydrogen) atoms. The summed E-state index contributed by atoms with van der Waals surface area (Å²) in [4.78, 5) is 0. The van der Waals surface area contributed by atoms with E-state index < -0.39 is 6.10 Å². The Hall–Kier alpha value is -2.13. The summed E-state index contributed by atoms with van der Waals surface area (Å²) in [5.41, 5.74) is 1.98. The molecule has 0 saturated heterocycles. The van der Waals surface area contributed by atoms with Crippen molar-refractivity contribution in [2.75, 3.05) is 0 Å². The summed E-state index contributed by atoms with van der Waals surface area (Å²) in [6, 6.07) is 16.2. The fraction of sp³-hybridized carbons (Fsp3) is 0.188. The van der Waals surface area contributed by atoms with Gasteiger partial charge in [0.1, 0.15) is 0 Å². The Morgan fingerprint density at radius 3 is 2.63 bits per heavy atom. The van der Waals surface area contributed by atoms with Crippen LogP contribution in [0.15, 0.2) is 54.7 Å². The maximum Gasteiger partial charge on any atom is 0.0986 e. The van der Waals surface area contributed by atoms with Gasteiger partial charge in [-0.3, -0.25) is 4.68 Å². The standard InChI is InChI=1S/C16H16N2O/c1-12-8-9-17-18(12)11-16(19)15-7-6-13-4-2-3-5-14(13)10-15/h2-10,16,19H,11H2,1H3. The molecule has 0 spiro atoms. The van der Waals surface area contributed by atoms with Crippen LogP contribution in [0.25, 0.3) is 10.8 Å². The Balaban J connectivity index is 1.89. The highest BCUT2D eigenvalue weighted by Gasteiger charge is 2.10. The molecule has 1 heterocycles. The lowest BCUT2D eigenvalue weighted by molar-refractivity contribution is 0.150. The normalized spacial score (nSPS) is 12.7. The Labute approximate surface area is 112 Å². The highest BCUT2D eigenvalue weighted by molar-refractivity contribution is 5.83. The van der Waals surface area contributed by atoms with E-state index in [0.717, 1.165) is 16.6 Å². The summed E-state index contributed by atoms with van der Waals surface area (Å²) in [6.45, 7) is 2.47. The SMILES string of the molecule is Cc1ccnn1CC(O)c1ccc2ccccc2c1. The fourth-order valence-corrected chi connectivity index (χ4v) is 2.27. The van der Waals surface area contributed by atoms with Gasteiger partial charge >= 0.3 is 0 Å². The van der Waals surface area contributed by atoms with E-state index in [2.05, 4.69) is 17.2 Å². The largest absolute Gasteiger partial charge is 0.386 e. The topological polar surface area (TPSA) is 38.0 Å². The van der Waals surface area contributed by atoms with Crippen LogP contribution in [-0.4, -0.2) is 14.9 Å². The average Bonchev–Trinajstić information content (AvgIpc) is 2.84. The predicted molar refractivity (Wildman–Crippen MR) is 75.9 cm³/mol. The van der Waals surface area contributed by atoms with E-state index >= 15 is 0 Å². The van der Waals surface area contributed by atoms with Gasteiger partial charge in [-0.15, -0.1) is 0 Å². The van der Waals surface area contributed by atoms with Gasteiger partial charge in [0.25, 0.3) is 0 Å². The van der Waals surface area contributed by atoms with Crippen LogP contribution in [0.1, 0.15) is 17.4 Å². The molecule has 96 valence electrons. The summed E-state index contributed by atoms with van der Waals surface area (Å²) >= 11 is 0. The number of aliphatic hydroxyl groups is 1. The van der Waals surface area contributed by atoms with Crippen LogP contribution in [0.2, 0.25) is 0 Å². The van der Waals surface area contributed by atoms with Crippen molar-refractivity contribution in [3.63, 3.8) is 0 Å². The lowest BCUT2D eigenvalue weighted by Crippen LogP contribution is -2.11. The van der Waals surface area contributed by atoms with E-state index in [1.54, 1.807) is 6.20 Å². The second kappa shape index (κ2) is 4.86. The van der Waals surface area contributed by atoms with Crippen molar-refractivity contribution in [1.29, 1.82) is 0 Å². The second-order valence-corrected chi connectivity index (χ2v) is 4.78. The van der Waals surface area contributed by atoms with Gasteiger partial charge in [-0.1, -0.05) is 36.4 Å². The van der Waals surface area contributed by atoms with Gasteiger partial charge < -0.3 is 5.11 Å². The average molecular weight is 252 g/mol. The number of rotatable bonds is 3. The zero-order valence-electron chi connectivity index (χ0n) is 10.8. The minimum Gasteiger partial charge on any atom is -0.386 e. The molecule has 2 aromatic carbocycles. The van der Waals surface area contributed by atoms with Crippen molar-refractivity contribution in [2.45, 2.75) is 19.6 Å². The van der Waals surface area contributed by atoms with E-state index in [4.69, 9.17) is 0 Å². The molecule has 0 radical (unpaired) electrons. The molecule has 0 fully saturated rings. The highest BCUT2D eigenvalue weighted by Crippen LogP contribution is 2.21. The van der Waals surface area contributed by atoms with Gasteiger partial charge in [-0.25, -0.2) is 0 Å². The van der Waals surface area contributed by atoms with Crippen LogP contribution in [0.3, 0.4) is 0 Å². The molecule has 0 aliphatic carbocycles. The molecule has 1 aromatic heterocycles. The summed E-state index contributed by atoms with van der Waals surface area (Å²) in [6.07, 6.45) is 1.21. The number of hydrogen-bond acceptors (Lipinski definition) is 2. The molecule has 1 N–H and O–H groups in total. The summed E-state index contributed by atoms with van der Waals surface area (Å²) in [5, 5.41) is 16.9. The minimum absolute atomic E-state index is 0.483. The van der Waals surface area contributed by atoms with Crippen molar-refractivity contribution in [3.05, 3.63) is 66.0 Å². The number of aryl methyl sites for hydroxylation is 1. The van der Waals surface area contributed by atoms with Gasteiger partial charge in [-0.2, -0.15) is 5.10 Å². The Morgan fingerprint density at radius 1 is 1.11 bits per heavy atom. The minimum atomic E-state index is -0.539. The first-order valence-corrected chi connectivity index (χ1v) is 6.39. The molecule has 0 aliphatic rings. The Kier molecular flexibility index (Phi) is 3.05. The second-order valence-electron chi connectivity index (χ2n) is 4.78. The lowest BCUT2D eigenvalue weighted by Gasteiger charge is -2.13. The molecule has 0 saturated carbocycles. The first-order valence-electron chi connectivity index (χ1n) is 6.39. The van der Waals surface area contributed by atoms with E-state index in [1.165, 1.54) is 5.39 Å². The van der Waals surface area contributed by atoms with Gasteiger partial charge in [0, 0.05) is 11.9 Å². The summed E-state index contributed by atoms with van der Waals surface area (Å²) < 4.78 is 1.82. The molecular weight excluding hydrogens is 236 g/mol. The molecule has 3 rings (SSSR count). The van der Waals surface area contributed by atoms with Crippen LogP contribution in [-0.2, 0) is 6.54 Å². The van der Waals surface area contributed by atoms with Crippen LogP contribution >= 0.6 is 0 Å². The molecule has 3 heteroatoms. The number of nitrogens with zero attached hydrogens (tertiary/aromatic N) is 2. The van der Waals surface area contributed by atoms with E-state index in [9.17, 15) is 5.11 Å². The van der Waals surface area contributed by atoms with E-state index in [-0.39, 0.29) is 0 Å². The van der Waals surface area contributed by atoms with Crippen LogP contribution in [0.5, 0.6) is 0 Å².